The molecule has 0 aliphatic heterocycles. The number of hydrogen-bond acceptors (Lipinski definition) is 8. The number of rotatable bonds is 10. The van der Waals surface area contributed by atoms with Gasteiger partial charge in [0.2, 0.25) is 15.9 Å². The topological polar surface area (TPSA) is 144 Å². The molecule has 3 aromatic rings. The molecule has 0 saturated heterocycles. The molecule has 0 atom stereocenters. The Morgan fingerprint density at radius 2 is 1.79 bits per heavy atom. The van der Waals surface area contributed by atoms with Crippen LogP contribution < -0.4 is 19.8 Å². The fourth-order valence-electron chi connectivity index (χ4n) is 3.45. The number of methoxy groups -OCH3 is 2. The average Bonchev–Trinajstić information content (AvgIpc) is 2.91. The number of aromatic hydroxyl groups is 1. The highest BCUT2D eigenvalue weighted by Crippen LogP contribution is 2.35. The number of nitrogens with one attached hydrogen (secondary N) is 1. The van der Waals surface area contributed by atoms with E-state index in [4.69, 9.17) is 9.47 Å². The van der Waals surface area contributed by atoms with E-state index < -0.39 is 38.7 Å². The fourth-order valence-corrected chi connectivity index (χ4v) is 4.49. The zero-order valence-electron chi connectivity index (χ0n) is 20.9. The zero-order chi connectivity index (χ0) is 27.9. The van der Waals surface area contributed by atoms with E-state index in [1.807, 2.05) is 0 Å². The number of aliphatic imine (C=N–C) groups is 2. The Hall–Kier alpha value is -4.52. The van der Waals surface area contributed by atoms with Crippen molar-refractivity contribution in [1.29, 1.82) is 0 Å². The second-order valence-electron chi connectivity index (χ2n) is 7.67. The van der Waals surface area contributed by atoms with E-state index in [9.17, 15) is 22.7 Å². The quantitative estimate of drug-likeness (QED) is 0.295. The smallest absolute Gasteiger partial charge is 0.287 e. The molecular formula is C25H26FN5O6S. The molecule has 3 rings (SSSR count). The lowest BCUT2D eigenvalue weighted by molar-refractivity contribution is 0.390. The van der Waals surface area contributed by atoms with Crippen molar-refractivity contribution in [1.82, 2.24) is 9.55 Å². The summed E-state index contributed by atoms with van der Waals surface area (Å²) in [6.45, 7) is 3.04. The normalized spacial score (nSPS) is 11.9. The van der Waals surface area contributed by atoms with Gasteiger partial charge in [-0.3, -0.25) is 19.1 Å². The van der Waals surface area contributed by atoms with Crippen LogP contribution in [0.2, 0.25) is 0 Å². The summed E-state index contributed by atoms with van der Waals surface area (Å²) in [5.41, 5.74) is -1.01. The van der Waals surface area contributed by atoms with Crippen LogP contribution in [0.5, 0.6) is 17.4 Å². The molecule has 0 bridgehead atoms. The highest BCUT2D eigenvalue weighted by molar-refractivity contribution is 7.92. The summed E-state index contributed by atoms with van der Waals surface area (Å²) in [5.74, 6) is -1.71. The third kappa shape index (κ3) is 6.42. The number of halogens is 1. The molecule has 1 aromatic heterocycles. The van der Waals surface area contributed by atoms with E-state index in [1.54, 1.807) is 48.5 Å². The SMILES string of the molecule is C=C(F)C=NC(CCS(=O)(=O)Nc1c(O)nc(-c2ccccc2)n(-c2c(OC)cccc2OC)c1=O)=NC. The Morgan fingerprint density at radius 1 is 1.16 bits per heavy atom. The second kappa shape index (κ2) is 12.1. The number of aromatic nitrogens is 2. The van der Waals surface area contributed by atoms with E-state index in [2.05, 4.69) is 26.3 Å². The Labute approximate surface area is 218 Å². The van der Waals surface area contributed by atoms with Gasteiger partial charge in [-0.1, -0.05) is 43.0 Å². The minimum absolute atomic E-state index is 0.0139. The summed E-state index contributed by atoms with van der Waals surface area (Å²) in [5, 5.41) is 10.7. The van der Waals surface area contributed by atoms with Crippen LogP contribution in [0.3, 0.4) is 0 Å². The molecule has 0 aliphatic carbocycles. The van der Waals surface area contributed by atoms with Gasteiger partial charge in [-0.2, -0.15) is 4.98 Å². The Kier molecular flexibility index (Phi) is 8.97. The Balaban J connectivity index is 2.16. The van der Waals surface area contributed by atoms with Crippen LogP contribution in [-0.4, -0.2) is 62.1 Å². The van der Waals surface area contributed by atoms with Gasteiger partial charge in [0.05, 0.1) is 26.2 Å². The second-order valence-corrected chi connectivity index (χ2v) is 9.51. The molecule has 38 heavy (non-hydrogen) atoms. The zero-order valence-corrected chi connectivity index (χ0v) is 21.7. The van der Waals surface area contributed by atoms with E-state index in [0.29, 0.717) is 5.56 Å². The van der Waals surface area contributed by atoms with Crippen molar-refractivity contribution in [2.45, 2.75) is 6.42 Å². The highest BCUT2D eigenvalue weighted by Gasteiger charge is 2.26. The number of anilines is 1. The molecule has 2 aromatic carbocycles. The van der Waals surface area contributed by atoms with Crippen molar-refractivity contribution in [3.8, 4) is 34.5 Å². The number of sulfonamides is 1. The van der Waals surface area contributed by atoms with Crippen LogP contribution in [0.15, 0.2) is 75.7 Å². The van der Waals surface area contributed by atoms with Crippen LogP contribution >= 0.6 is 0 Å². The summed E-state index contributed by atoms with van der Waals surface area (Å²) in [6.07, 6.45) is 0.597. The van der Waals surface area contributed by atoms with Crippen LogP contribution in [0.1, 0.15) is 6.42 Å². The molecule has 0 spiro atoms. The largest absolute Gasteiger partial charge is 0.494 e. The maximum Gasteiger partial charge on any atom is 0.287 e. The summed E-state index contributed by atoms with van der Waals surface area (Å²) >= 11 is 0. The van der Waals surface area contributed by atoms with Gasteiger partial charge in [0.15, 0.2) is 11.5 Å². The lowest BCUT2D eigenvalue weighted by atomic mass is 10.2. The van der Waals surface area contributed by atoms with Gasteiger partial charge >= 0.3 is 0 Å². The van der Waals surface area contributed by atoms with Crippen molar-refractivity contribution in [2.75, 3.05) is 31.7 Å². The minimum Gasteiger partial charge on any atom is -0.494 e. The van der Waals surface area contributed by atoms with Gasteiger partial charge in [0, 0.05) is 19.0 Å². The number of benzene rings is 2. The van der Waals surface area contributed by atoms with Gasteiger partial charge in [0.1, 0.15) is 28.8 Å². The maximum absolute atomic E-state index is 13.8. The van der Waals surface area contributed by atoms with E-state index in [0.717, 1.165) is 10.8 Å². The molecule has 2 N–H and O–H groups in total. The first-order valence-corrected chi connectivity index (χ1v) is 12.7. The Bertz CT molecular complexity index is 1530. The van der Waals surface area contributed by atoms with Crippen LogP contribution in [-0.2, 0) is 10.0 Å². The van der Waals surface area contributed by atoms with Crippen molar-refractivity contribution in [3.63, 3.8) is 0 Å². The van der Waals surface area contributed by atoms with E-state index in [-0.39, 0.29) is 35.3 Å². The molecule has 0 amide bonds. The van der Waals surface area contributed by atoms with Gasteiger partial charge in [0.25, 0.3) is 5.56 Å². The minimum atomic E-state index is -4.23. The maximum atomic E-state index is 13.8. The predicted octanol–water partition coefficient (Wildman–Crippen LogP) is 3.34. The molecule has 0 unspecified atom stereocenters. The number of ether oxygens (including phenoxy) is 2. The van der Waals surface area contributed by atoms with Gasteiger partial charge in [-0.25, -0.2) is 17.8 Å². The molecule has 0 aliphatic rings. The first-order chi connectivity index (χ1) is 18.1. The summed E-state index contributed by atoms with van der Waals surface area (Å²) in [7, 11) is -0.0631. The van der Waals surface area contributed by atoms with Gasteiger partial charge in [-0.05, 0) is 12.1 Å². The highest BCUT2D eigenvalue weighted by atomic mass is 32.2. The van der Waals surface area contributed by atoms with Crippen LogP contribution in [0.25, 0.3) is 17.1 Å². The van der Waals surface area contributed by atoms with Crippen molar-refractivity contribution in [3.05, 3.63) is 71.3 Å². The molecular weight excluding hydrogens is 517 g/mol. The Morgan fingerprint density at radius 3 is 2.34 bits per heavy atom. The predicted molar refractivity (Wildman–Crippen MR) is 144 cm³/mol. The monoisotopic (exact) mass is 543 g/mol. The molecule has 0 fully saturated rings. The number of nitrogens with zero attached hydrogens (tertiary/aromatic N) is 4. The van der Waals surface area contributed by atoms with Crippen molar-refractivity contribution < 1.29 is 27.4 Å². The van der Waals surface area contributed by atoms with E-state index >= 15 is 0 Å². The van der Waals surface area contributed by atoms with Gasteiger partial charge < -0.3 is 14.6 Å². The molecule has 0 saturated carbocycles. The summed E-state index contributed by atoms with van der Waals surface area (Å²) in [6, 6.07) is 13.4. The summed E-state index contributed by atoms with van der Waals surface area (Å²) in [4.78, 5) is 25.5. The number of para-hydroxylation sites is 1. The number of allylic oxidation sites excluding steroid dienone is 1. The fraction of sp³-hybridized carbons (Fsp3) is 0.200. The lowest BCUT2D eigenvalue weighted by Gasteiger charge is -2.19. The summed E-state index contributed by atoms with van der Waals surface area (Å²) < 4.78 is 52.7. The average molecular weight is 544 g/mol. The molecule has 200 valence electrons. The molecule has 0 radical (unpaired) electrons. The number of hydrogen-bond donors (Lipinski definition) is 2. The van der Waals surface area contributed by atoms with Crippen LogP contribution in [0.4, 0.5) is 10.1 Å². The third-order valence-electron chi connectivity index (χ3n) is 5.19. The van der Waals surface area contributed by atoms with Crippen molar-refractivity contribution in [2.24, 2.45) is 9.98 Å². The standard InChI is InChI=1S/C25H26FN5O6S/c1-16(26)15-28-20(27-2)13-14-38(34,35)30-21-24(32)29-23(17-9-6-5-7-10-17)31(25(21)33)22-18(36-3)11-8-12-19(22)37-4/h5-12,15,30,32H,1,13-14H2,2-4H3. The molecule has 11 nitrogen and oxygen atoms in total. The number of amidine groups is 1. The lowest BCUT2D eigenvalue weighted by Crippen LogP contribution is -2.29. The van der Waals surface area contributed by atoms with Crippen molar-refractivity contribution >= 4 is 27.8 Å². The van der Waals surface area contributed by atoms with E-state index in [1.165, 1.54) is 21.3 Å². The van der Waals surface area contributed by atoms with Crippen LogP contribution in [0, 0.1) is 0 Å². The van der Waals surface area contributed by atoms with Gasteiger partial charge in [-0.15, -0.1) is 0 Å². The first kappa shape index (κ1) is 28.1. The first-order valence-electron chi connectivity index (χ1n) is 11.1. The third-order valence-corrected chi connectivity index (χ3v) is 6.44. The molecule has 13 heteroatoms. The molecule has 1 heterocycles.